The molecule has 1 saturated heterocycles. The summed E-state index contributed by atoms with van der Waals surface area (Å²) in [4.78, 5) is 26.2. The summed E-state index contributed by atoms with van der Waals surface area (Å²) in [6.07, 6.45) is 1.55. The SMILES string of the molecule is O=C(NC[C@@H]1COc2ccccc2O1)[C@H]1CC(=O)N(Cc2ccco2)C1. The first-order chi connectivity index (χ1) is 12.7. The van der Waals surface area contributed by atoms with Crippen LogP contribution in [0.5, 0.6) is 11.5 Å². The summed E-state index contributed by atoms with van der Waals surface area (Å²) in [5, 5.41) is 2.88. The van der Waals surface area contributed by atoms with E-state index in [1.807, 2.05) is 30.3 Å². The Morgan fingerprint density at radius 1 is 1.19 bits per heavy atom. The van der Waals surface area contributed by atoms with Gasteiger partial charge in [0.15, 0.2) is 11.5 Å². The van der Waals surface area contributed by atoms with E-state index in [1.165, 1.54) is 0 Å². The zero-order valence-corrected chi connectivity index (χ0v) is 14.2. The third-order valence-electron chi connectivity index (χ3n) is 4.58. The minimum Gasteiger partial charge on any atom is -0.486 e. The Labute approximate surface area is 150 Å². The van der Waals surface area contributed by atoms with Crippen molar-refractivity contribution in [2.75, 3.05) is 19.7 Å². The highest BCUT2D eigenvalue weighted by Gasteiger charge is 2.35. The van der Waals surface area contributed by atoms with Crippen molar-refractivity contribution in [2.45, 2.75) is 19.1 Å². The molecule has 2 aliphatic heterocycles. The molecule has 2 atom stereocenters. The number of nitrogens with one attached hydrogen (secondary N) is 1. The van der Waals surface area contributed by atoms with E-state index < -0.39 is 0 Å². The summed E-state index contributed by atoms with van der Waals surface area (Å²) < 4.78 is 16.7. The van der Waals surface area contributed by atoms with Gasteiger partial charge in [0.25, 0.3) is 0 Å². The first-order valence-electron chi connectivity index (χ1n) is 8.65. The van der Waals surface area contributed by atoms with Crippen LogP contribution in [0.3, 0.4) is 0 Å². The summed E-state index contributed by atoms with van der Waals surface area (Å²) in [6, 6.07) is 11.0. The molecular formula is C19H20N2O5. The number of likely N-dealkylation sites (tertiary alicyclic amines) is 1. The van der Waals surface area contributed by atoms with Crippen LogP contribution in [-0.2, 0) is 16.1 Å². The normalized spacial score (nSPS) is 21.7. The van der Waals surface area contributed by atoms with Crippen molar-refractivity contribution >= 4 is 11.8 Å². The summed E-state index contributed by atoms with van der Waals surface area (Å²) in [5.74, 6) is 1.58. The molecule has 0 radical (unpaired) electrons. The molecule has 26 heavy (non-hydrogen) atoms. The Morgan fingerprint density at radius 2 is 2.04 bits per heavy atom. The van der Waals surface area contributed by atoms with Crippen LogP contribution in [0.2, 0.25) is 0 Å². The number of para-hydroxylation sites is 2. The summed E-state index contributed by atoms with van der Waals surface area (Å²) in [6.45, 7) is 1.52. The number of amides is 2. The highest BCUT2D eigenvalue weighted by atomic mass is 16.6. The molecule has 1 fully saturated rings. The molecule has 0 bridgehead atoms. The lowest BCUT2D eigenvalue weighted by Crippen LogP contribution is -2.43. The third-order valence-corrected chi connectivity index (χ3v) is 4.58. The summed E-state index contributed by atoms with van der Waals surface area (Å²) >= 11 is 0. The number of nitrogens with zero attached hydrogens (tertiary/aromatic N) is 1. The first-order valence-corrected chi connectivity index (χ1v) is 8.65. The van der Waals surface area contributed by atoms with E-state index in [-0.39, 0.29) is 30.3 Å². The molecule has 1 N–H and O–H groups in total. The number of furan rings is 1. The average Bonchev–Trinajstić information content (AvgIpc) is 3.30. The lowest BCUT2D eigenvalue weighted by molar-refractivity contribution is -0.129. The van der Waals surface area contributed by atoms with Crippen molar-refractivity contribution in [3.63, 3.8) is 0 Å². The highest BCUT2D eigenvalue weighted by molar-refractivity contribution is 5.89. The second-order valence-electron chi connectivity index (χ2n) is 6.50. The van der Waals surface area contributed by atoms with Crippen LogP contribution in [0, 0.1) is 5.92 Å². The molecule has 0 aliphatic carbocycles. The predicted molar refractivity (Wildman–Crippen MR) is 91.6 cm³/mol. The van der Waals surface area contributed by atoms with E-state index in [1.54, 1.807) is 17.2 Å². The van der Waals surface area contributed by atoms with Crippen LogP contribution in [0.15, 0.2) is 47.1 Å². The van der Waals surface area contributed by atoms with Gasteiger partial charge < -0.3 is 24.1 Å². The monoisotopic (exact) mass is 356 g/mol. The Balaban J connectivity index is 1.27. The van der Waals surface area contributed by atoms with Gasteiger partial charge in [-0.2, -0.15) is 0 Å². The first kappa shape index (κ1) is 16.5. The van der Waals surface area contributed by atoms with Gasteiger partial charge in [0.2, 0.25) is 11.8 Å². The van der Waals surface area contributed by atoms with Gasteiger partial charge in [-0.15, -0.1) is 0 Å². The molecule has 2 aliphatic rings. The van der Waals surface area contributed by atoms with Crippen LogP contribution in [0.25, 0.3) is 0 Å². The molecule has 3 heterocycles. The standard InChI is InChI=1S/C19H20N2O5/c22-18-8-13(10-21(18)11-14-4-3-7-24-14)19(23)20-9-15-12-25-16-5-1-2-6-17(16)26-15/h1-7,13,15H,8-12H2,(H,20,23)/t13-,15+/m0/s1. The zero-order valence-electron chi connectivity index (χ0n) is 14.2. The van der Waals surface area contributed by atoms with Crippen molar-refractivity contribution in [3.05, 3.63) is 48.4 Å². The van der Waals surface area contributed by atoms with Crippen LogP contribution < -0.4 is 14.8 Å². The van der Waals surface area contributed by atoms with Crippen LogP contribution in [0.4, 0.5) is 0 Å². The number of carbonyl (C=O) groups excluding carboxylic acids is 2. The maximum absolute atomic E-state index is 12.4. The number of carbonyl (C=O) groups is 2. The molecule has 1 aromatic heterocycles. The minimum atomic E-state index is -0.353. The number of benzene rings is 1. The molecule has 0 saturated carbocycles. The smallest absolute Gasteiger partial charge is 0.225 e. The Hall–Kier alpha value is -2.96. The van der Waals surface area contributed by atoms with E-state index in [0.717, 1.165) is 0 Å². The van der Waals surface area contributed by atoms with Gasteiger partial charge in [-0.05, 0) is 24.3 Å². The lowest BCUT2D eigenvalue weighted by Gasteiger charge is -2.26. The quantitative estimate of drug-likeness (QED) is 0.880. The molecule has 7 nitrogen and oxygen atoms in total. The molecular weight excluding hydrogens is 336 g/mol. The second-order valence-corrected chi connectivity index (χ2v) is 6.50. The predicted octanol–water partition coefficient (Wildman–Crippen LogP) is 1.58. The van der Waals surface area contributed by atoms with Gasteiger partial charge in [-0.25, -0.2) is 0 Å². The second kappa shape index (κ2) is 7.11. The molecule has 0 unspecified atom stereocenters. The molecule has 136 valence electrons. The van der Waals surface area contributed by atoms with Gasteiger partial charge in [-0.3, -0.25) is 9.59 Å². The van der Waals surface area contributed by atoms with Crippen molar-refractivity contribution < 1.29 is 23.5 Å². The maximum Gasteiger partial charge on any atom is 0.225 e. The van der Waals surface area contributed by atoms with Crippen molar-refractivity contribution in [3.8, 4) is 11.5 Å². The van der Waals surface area contributed by atoms with E-state index in [2.05, 4.69) is 5.32 Å². The Morgan fingerprint density at radius 3 is 2.85 bits per heavy atom. The Kier molecular flexibility index (Phi) is 4.51. The number of fused-ring (bicyclic) bond motifs is 1. The Bertz CT molecular complexity index is 789. The van der Waals surface area contributed by atoms with Gasteiger partial charge in [0.1, 0.15) is 18.5 Å². The van der Waals surface area contributed by atoms with E-state index in [0.29, 0.717) is 43.5 Å². The molecule has 7 heteroatoms. The van der Waals surface area contributed by atoms with Crippen LogP contribution >= 0.6 is 0 Å². The fraction of sp³-hybridized carbons (Fsp3) is 0.368. The highest BCUT2D eigenvalue weighted by Crippen LogP contribution is 2.30. The summed E-state index contributed by atoms with van der Waals surface area (Å²) in [5.41, 5.74) is 0. The number of hydrogen-bond donors (Lipinski definition) is 1. The van der Waals surface area contributed by atoms with Crippen molar-refractivity contribution in [1.29, 1.82) is 0 Å². The zero-order chi connectivity index (χ0) is 17.9. The molecule has 4 rings (SSSR count). The topological polar surface area (TPSA) is 81.0 Å². The molecule has 1 aromatic carbocycles. The van der Waals surface area contributed by atoms with Crippen LogP contribution in [-0.4, -0.2) is 42.5 Å². The number of rotatable bonds is 5. The maximum atomic E-state index is 12.4. The molecule has 2 amide bonds. The fourth-order valence-corrected chi connectivity index (χ4v) is 3.21. The average molecular weight is 356 g/mol. The van der Waals surface area contributed by atoms with Gasteiger partial charge in [0, 0.05) is 13.0 Å². The minimum absolute atomic E-state index is 0.0345. The molecule has 0 spiro atoms. The summed E-state index contributed by atoms with van der Waals surface area (Å²) in [7, 11) is 0. The third kappa shape index (κ3) is 3.51. The van der Waals surface area contributed by atoms with Crippen molar-refractivity contribution in [2.24, 2.45) is 5.92 Å². The van der Waals surface area contributed by atoms with E-state index >= 15 is 0 Å². The van der Waals surface area contributed by atoms with Crippen molar-refractivity contribution in [1.82, 2.24) is 10.2 Å². The van der Waals surface area contributed by atoms with E-state index in [4.69, 9.17) is 13.9 Å². The largest absolute Gasteiger partial charge is 0.486 e. The van der Waals surface area contributed by atoms with E-state index in [9.17, 15) is 9.59 Å². The lowest BCUT2D eigenvalue weighted by atomic mass is 10.1. The number of hydrogen-bond acceptors (Lipinski definition) is 5. The van der Waals surface area contributed by atoms with Gasteiger partial charge in [-0.1, -0.05) is 12.1 Å². The van der Waals surface area contributed by atoms with Crippen LogP contribution in [0.1, 0.15) is 12.2 Å². The fourth-order valence-electron chi connectivity index (χ4n) is 3.21. The van der Waals surface area contributed by atoms with Gasteiger partial charge in [0.05, 0.1) is 25.3 Å². The van der Waals surface area contributed by atoms with Gasteiger partial charge >= 0.3 is 0 Å². The number of ether oxygens (including phenoxy) is 2. The molecule has 2 aromatic rings.